The first-order valence-corrected chi connectivity index (χ1v) is 10.6. The van der Waals surface area contributed by atoms with Crippen molar-refractivity contribution >= 4 is 22.6 Å². The second kappa shape index (κ2) is 8.31. The summed E-state index contributed by atoms with van der Waals surface area (Å²) in [6.07, 6.45) is 5.02. The molecule has 31 heavy (non-hydrogen) atoms. The fraction of sp³-hybridized carbons (Fsp3) is 0.304. The molecule has 3 heterocycles. The number of carbonyl (C=O) groups excluding carboxylic acids is 1. The Balaban J connectivity index is 1.37. The molecule has 1 saturated heterocycles. The lowest BCUT2D eigenvalue weighted by molar-refractivity contribution is -0.121. The zero-order chi connectivity index (χ0) is 21.2. The lowest BCUT2D eigenvalue weighted by Gasteiger charge is -2.30. The van der Waals surface area contributed by atoms with Crippen molar-refractivity contribution in [3.05, 3.63) is 60.3 Å². The summed E-state index contributed by atoms with van der Waals surface area (Å²) >= 11 is 0. The van der Waals surface area contributed by atoms with Gasteiger partial charge in [-0.25, -0.2) is 4.68 Å². The van der Waals surface area contributed by atoms with Crippen molar-refractivity contribution in [2.45, 2.75) is 31.8 Å². The van der Waals surface area contributed by atoms with Crippen LogP contribution >= 0.6 is 0 Å². The van der Waals surface area contributed by atoms with Crippen molar-refractivity contribution in [2.24, 2.45) is 0 Å². The van der Waals surface area contributed by atoms with Gasteiger partial charge in [0.15, 0.2) is 5.82 Å². The fourth-order valence-corrected chi connectivity index (χ4v) is 4.15. The Hall–Kier alpha value is -3.52. The number of H-pyrrole nitrogens is 1. The molecule has 1 aliphatic heterocycles. The van der Waals surface area contributed by atoms with Gasteiger partial charge < -0.3 is 5.32 Å². The van der Waals surface area contributed by atoms with E-state index in [1.165, 1.54) is 5.56 Å². The highest BCUT2D eigenvalue weighted by Crippen LogP contribution is 2.27. The second-order valence-electron chi connectivity index (χ2n) is 8.10. The SMILES string of the molecule is CN1CCCCC1C(=O)Nc1n[nH]c2ccc(-c3cn(Cc4ccccc4)nn3)cc12. The molecule has 0 saturated carbocycles. The third kappa shape index (κ3) is 4.06. The average Bonchev–Trinajstić information content (AvgIpc) is 3.41. The molecule has 1 fully saturated rings. The number of anilines is 1. The number of fused-ring (bicyclic) bond motifs is 1. The largest absolute Gasteiger partial charge is 0.307 e. The van der Waals surface area contributed by atoms with E-state index in [1.807, 2.05) is 54.3 Å². The van der Waals surface area contributed by atoms with Crippen LogP contribution in [0, 0.1) is 0 Å². The van der Waals surface area contributed by atoms with E-state index in [1.54, 1.807) is 0 Å². The summed E-state index contributed by atoms with van der Waals surface area (Å²) in [5, 5.41) is 19.8. The van der Waals surface area contributed by atoms with Crippen molar-refractivity contribution in [1.29, 1.82) is 0 Å². The molecular weight excluding hydrogens is 390 g/mol. The minimum Gasteiger partial charge on any atom is -0.307 e. The number of aromatic amines is 1. The molecule has 8 nitrogen and oxygen atoms in total. The normalized spacial score (nSPS) is 17.1. The summed E-state index contributed by atoms with van der Waals surface area (Å²) in [5.74, 6) is 0.548. The summed E-state index contributed by atoms with van der Waals surface area (Å²) < 4.78 is 1.83. The molecule has 0 bridgehead atoms. The molecule has 0 aliphatic carbocycles. The van der Waals surface area contributed by atoms with Crippen LogP contribution in [0.3, 0.4) is 0 Å². The predicted molar refractivity (Wildman–Crippen MR) is 120 cm³/mol. The summed E-state index contributed by atoms with van der Waals surface area (Å²) in [6, 6.07) is 16.0. The van der Waals surface area contributed by atoms with Gasteiger partial charge in [-0.2, -0.15) is 5.10 Å². The molecule has 0 radical (unpaired) electrons. The van der Waals surface area contributed by atoms with E-state index < -0.39 is 0 Å². The topological polar surface area (TPSA) is 91.7 Å². The van der Waals surface area contributed by atoms with E-state index >= 15 is 0 Å². The standard InChI is InChI=1S/C23H25N7O/c1-29-12-6-5-9-21(29)23(31)24-22-18-13-17(10-11-19(18)25-27-22)20-15-30(28-26-20)14-16-7-3-2-4-8-16/h2-4,7-8,10-11,13,15,21H,5-6,9,12,14H2,1H3,(H2,24,25,27,31). The van der Waals surface area contributed by atoms with Crippen molar-refractivity contribution < 1.29 is 4.79 Å². The number of hydrogen-bond acceptors (Lipinski definition) is 5. The summed E-state index contributed by atoms with van der Waals surface area (Å²) in [5.41, 5.74) is 3.75. The number of likely N-dealkylation sites (N-methyl/N-ethyl adjacent to an activating group) is 1. The number of likely N-dealkylation sites (tertiary alicyclic amines) is 1. The van der Waals surface area contributed by atoms with Crippen LogP contribution in [-0.4, -0.2) is 55.6 Å². The molecule has 1 amide bonds. The molecule has 1 unspecified atom stereocenters. The first-order chi connectivity index (χ1) is 15.2. The molecule has 2 N–H and O–H groups in total. The van der Waals surface area contributed by atoms with E-state index in [4.69, 9.17) is 0 Å². The number of piperidine rings is 1. The average molecular weight is 416 g/mol. The van der Waals surface area contributed by atoms with Gasteiger partial charge in [-0.1, -0.05) is 48.0 Å². The summed E-state index contributed by atoms with van der Waals surface area (Å²) in [7, 11) is 2.00. The number of hydrogen-bond donors (Lipinski definition) is 2. The Morgan fingerprint density at radius 3 is 2.90 bits per heavy atom. The fourth-order valence-electron chi connectivity index (χ4n) is 4.15. The molecule has 158 valence electrons. The molecule has 8 heteroatoms. The zero-order valence-corrected chi connectivity index (χ0v) is 17.5. The van der Waals surface area contributed by atoms with Crippen LogP contribution in [0.2, 0.25) is 0 Å². The van der Waals surface area contributed by atoms with Crippen LogP contribution in [0.15, 0.2) is 54.7 Å². The van der Waals surface area contributed by atoms with Crippen LogP contribution in [-0.2, 0) is 11.3 Å². The van der Waals surface area contributed by atoms with Gasteiger partial charge >= 0.3 is 0 Å². The van der Waals surface area contributed by atoms with Crippen molar-refractivity contribution in [2.75, 3.05) is 18.9 Å². The minimum atomic E-state index is -0.110. The van der Waals surface area contributed by atoms with Crippen LogP contribution in [0.25, 0.3) is 22.2 Å². The molecular formula is C23H25N7O. The summed E-state index contributed by atoms with van der Waals surface area (Å²) in [4.78, 5) is 14.9. The predicted octanol–water partition coefficient (Wildman–Crippen LogP) is 3.29. The first kappa shape index (κ1) is 19.4. The van der Waals surface area contributed by atoms with E-state index in [-0.39, 0.29) is 11.9 Å². The quantitative estimate of drug-likeness (QED) is 0.522. The van der Waals surface area contributed by atoms with Gasteiger partial charge in [-0.05, 0) is 44.1 Å². The molecule has 4 aromatic rings. The smallest absolute Gasteiger partial charge is 0.242 e. The Morgan fingerprint density at radius 2 is 2.06 bits per heavy atom. The Labute approximate surface area is 180 Å². The maximum Gasteiger partial charge on any atom is 0.242 e. The molecule has 2 aromatic heterocycles. The van der Waals surface area contributed by atoms with Gasteiger partial charge in [0, 0.05) is 10.9 Å². The van der Waals surface area contributed by atoms with Crippen molar-refractivity contribution in [3.63, 3.8) is 0 Å². The highest BCUT2D eigenvalue weighted by molar-refractivity contribution is 6.02. The van der Waals surface area contributed by atoms with E-state index in [0.29, 0.717) is 12.4 Å². The van der Waals surface area contributed by atoms with Gasteiger partial charge in [-0.15, -0.1) is 5.10 Å². The third-order valence-electron chi connectivity index (χ3n) is 5.90. The molecule has 5 rings (SSSR count). The maximum absolute atomic E-state index is 12.8. The first-order valence-electron chi connectivity index (χ1n) is 10.6. The minimum absolute atomic E-state index is 0.00481. The molecule has 1 atom stereocenters. The van der Waals surface area contributed by atoms with Gasteiger partial charge in [0.25, 0.3) is 0 Å². The Kier molecular flexibility index (Phi) is 5.21. The molecule has 0 spiro atoms. The number of nitrogens with zero attached hydrogens (tertiary/aromatic N) is 5. The van der Waals surface area contributed by atoms with Gasteiger partial charge in [-0.3, -0.25) is 14.8 Å². The lowest BCUT2D eigenvalue weighted by Crippen LogP contribution is -2.44. The number of nitrogens with one attached hydrogen (secondary N) is 2. The number of amides is 1. The van der Waals surface area contributed by atoms with Crippen molar-refractivity contribution in [1.82, 2.24) is 30.1 Å². The number of carbonyl (C=O) groups is 1. The number of aromatic nitrogens is 5. The summed E-state index contributed by atoms with van der Waals surface area (Å²) in [6.45, 7) is 1.61. The van der Waals surface area contributed by atoms with Crippen LogP contribution < -0.4 is 5.32 Å². The highest BCUT2D eigenvalue weighted by Gasteiger charge is 2.26. The number of rotatable bonds is 5. The molecule has 2 aromatic carbocycles. The van der Waals surface area contributed by atoms with E-state index in [9.17, 15) is 4.79 Å². The van der Waals surface area contributed by atoms with Crippen LogP contribution in [0.1, 0.15) is 24.8 Å². The van der Waals surface area contributed by atoms with Crippen molar-refractivity contribution in [3.8, 4) is 11.3 Å². The highest BCUT2D eigenvalue weighted by atomic mass is 16.2. The lowest BCUT2D eigenvalue weighted by atomic mass is 10.0. The number of benzene rings is 2. The van der Waals surface area contributed by atoms with Gasteiger partial charge in [0.1, 0.15) is 5.69 Å². The molecule has 1 aliphatic rings. The van der Waals surface area contributed by atoms with Gasteiger partial charge in [0.05, 0.1) is 24.3 Å². The van der Waals surface area contributed by atoms with Gasteiger partial charge in [0.2, 0.25) is 5.91 Å². The zero-order valence-electron chi connectivity index (χ0n) is 17.5. The van der Waals surface area contributed by atoms with Crippen LogP contribution in [0.5, 0.6) is 0 Å². The van der Waals surface area contributed by atoms with E-state index in [0.717, 1.165) is 48.0 Å². The van der Waals surface area contributed by atoms with Crippen LogP contribution in [0.4, 0.5) is 5.82 Å². The Bertz CT molecular complexity index is 1200. The second-order valence-corrected chi connectivity index (χ2v) is 8.10. The Morgan fingerprint density at radius 1 is 1.19 bits per heavy atom. The van der Waals surface area contributed by atoms with E-state index in [2.05, 4.69) is 42.9 Å². The maximum atomic E-state index is 12.8. The monoisotopic (exact) mass is 415 g/mol. The third-order valence-corrected chi connectivity index (χ3v) is 5.90.